The molecule has 0 amide bonds. The minimum Gasteiger partial charge on any atom is -0.388 e. The number of benzene rings is 1. The van der Waals surface area contributed by atoms with E-state index in [-0.39, 0.29) is 0 Å². The summed E-state index contributed by atoms with van der Waals surface area (Å²) in [6.07, 6.45) is 5.20. The summed E-state index contributed by atoms with van der Waals surface area (Å²) in [7, 11) is 1.88. The quantitative estimate of drug-likeness (QED) is 0.603. The minimum absolute atomic E-state index is 0.523. The van der Waals surface area contributed by atoms with Crippen LogP contribution < -0.4 is 10.6 Å². The Morgan fingerprint density at radius 1 is 1.10 bits per heavy atom. The van der Waals surface area contributed by atoms with Crippen LogP contribution in [0.5, 0.6) is 0 Å². The van der Waals surface area contributed by atoms with Crippen LogP contribution >= 0.6 is 0 Å². The molecular weight excluding hydrogens is 370 g/mol. The molecule has 0 radical (unpaired) electrons. The second-order valence-corrected chi connectivity index (χ2v) is 8.26. The van der Waals surface area contributed by atoms with E-state index in [2.05, 4.69) is 59.9 Å². The average molecular weight is 402 g/mol. The van der Waals surface area contributed by atoms with Crippen molar-refractivity contribution in [2.45, 2.75) is 19.9 Å². The molecule has 156 valence electrons. The van der Waals surface area contributed by atoms with Crippen LogP contribution in [-0.2, 0) is 13.0 Å². The van der Waals surface area contributed by atoms with Crippen LogP contribution in [0.4, 0.5) is 0 Å². The second kappa shape index (κ2) is 8.76. The molecule has 2 aromatic heterocycles. The molecule has 0 aliphatic carbocycles. The molecule has 5 heteroatoms. The lowest BCUT2D eigenvalue weighted by Crippen LogP contribution is -2.36. The fourth-order valence-corrected chi connectivity index (χ4v) is 4.06. The summed E-state index contributed by atoms with van der Waals surface area (Å²) >= 11 is 0. The summed E-state index contributed by atoms with van der Waals surface area (Å²) in [5.74, 6) is 0.523. The highest BCUT2D eigenvalue weighted by atomic mass is 15.1. The molecule has 30 heavy (non-hydrogen) atoms. The molecule has 2 N–H and O–H groups in total. The van der Waals surface area contributed by atoms with Crippen LogP contribution in [0.3, 0.4) is 0 Å². The van der Waals surface area contributed by atoms with E-state index in [9.17, 15) is 0 Å². The first kappa shape index (κ1) is 20.2. The van der Waals surface area contributed by atoms with Gasteiger partial charge in [0, 0.05) is 56.9 Å². The first-order valence-electron chi connectivity index (χ1n) is 10.6. The molecule has 0 fully saturated rings. The maximum Gasteiger partial charge on any atom is 0.137 e. The zero-order chi connectivity index (χ0) is 21.1. The van der Waals surface area contributed by atoms with Gasteiger partial charge in [0.25, 0.3) is 0 Å². The summed E-state index contributed by atoms with van der Waals surface area (Å²) in [6.45, 7) is 14.7. The Kier molecular flexibility index (Phi) is 5.91. The van der Waals surface area contributed by atoms with Gasteiger partial charge in [0.2, 0.25) is 0 Å². The summed E-state index contributed by atoms with van der Waals surface area (Å²) in [4.78, 5) is 7.25. The predicted molar refractivity (Wildman–Crippen MR) is 125 cm³/mol. The molecule has 1 aliphatic heterocycles. The highest BCUT2D eigenvalue weighted by Crippen LogP contribution is 2.20. The number of pyridine rings is 1. The van der Waals surface area contributed by atoms with Crippen LogP contribution in [0.2, 0.25) is 0 Å². The molecule has 3 heterocycles. The van der Waals surface area contributed by atoms with Gasteiger partial charge in [-0.3, -0.25) is 4.90 Å². The normalized spacial score (nSPS) is 14.9. The Labute approximate surface area is 179 Å². The zero-order valence-corrected chi connectivity index (χ0v) is 18.0. The van der Waals surface area contributed by atoms with E-state index in [1.807, 2.05) is 36.0 Å². The van der Waals surface area contributed by atoms with E-state index in [0.717, 1.165) is 60.9 Å². The lowest BCUT2D eigenvalue weighted by molar-refractivity contribution is 0.220. The van der Waals surface area contributed by atoms with Crippen LogP contribution in [0, 0.1) is 5.92 Å². The predicted octanol–water partition coefficient (Wildman–Crippen LogP) is 3.78. The van der Waals surface area contributed by atoms with Gasteiger partial charge < -0.3 is 15.0 Å². The van der Waals surface area contributed by atoms with Gasteiger partial charge in [0.1, 0.15) is 11.3 Å². The van der Waals surface area contributed by atoms with Gasteiger partial charge in [-0.05, 0) is 35.6 Å². The lowest BCUT2D eigenvalue weighted by Gasteiger charge is -2.31. The Hall–Kier alpha value is -3.05. The first-order chi connectivity index (χ1) is 14.5. The molecule has 1 aliphatic rings. The van der Waals surface area contributed by atoms with E-state index in [0.29, 0.717) is 5.92 Å². The number of hydrogen-bond acceptors (Lipinski definition) is 4. The molecule has 1 unspecified atom stereocenters. The van der Waals surface area contributed by atoms with Crippen molar-refractivity contribution in [1.82, 2.24) is 24.9 Å². The molecular formula is C25H31N5. The van der Waals surface area contributed by atoms with Crippen LogP contribution in [0.15, 0.2) is 61.9 Å². The van der Waals surface area contributed by atoms with Crippen molar-refractivity contribution < 1.29 is 0 Å². The minimum atomic E-state index is 0.523. The number of rotatable bonds is 8. The van der Waals surface area contributed by atoms with E-state index in [4.69, 9.17) is 4.98 Å². The average Bonchev–Trinajstić information content (AvgIpc) is 3.20. The number of nitrogens with zero attached hydrogens (tertiary/aromatic N) is 3. The van der Waals surface area contributed by atoms with Gasteiger partial charge in [0.15, 0.2) is 0 Å². The molecule has 0 spiro atoms. The number of hydrogen-bond donors (Lipinski definition) is 2. The number of nitrogens with one attached hydrogen (secondary N) is 2. The second-order valence-electron chi connectivity index (χ2n) is 8.26. The molecule has 0 saturated carbocycles. The van der Waals surface area contributed by atoms with Crippen molar-refractivity contribution in [3.63, 3.8) is 0 Å². The van der Waals surface area contributed by atoms with Crippen molar-refractivity contribution in [2.75, 3.05) is 26.7 Å². The molecule has 5 nitrogen and oxygen atoms in total. The molecule has 0 saturated heterocycles. The monoisotopic (exact) mass is 401 g/mol. The maximum atomic E-state index is 4.70. The van der Waals surface area contributed by atoms with Crippen LogP contribution in [0.25, 0.3) is 17.0 Å². The molecule has 1 aromatic carbocycles. The fraction of sp³-hybridized carbons (Fsp3) is 0.320. The highest BCUT2D eigenvalue weighted by molar-refractivity contribution is 5.65. The Balaban J connectivity index is 1.32. The lowest BCUT2D eigenvalue weighted by atomic mass is 9.99. The molecule has 0 bridgehead atoms. The third kappa shape index (κ3) is 4.41. The van der Waals surface area contributed by atoms with E-state index < -0.39 is 0 Å². The van der Waals surface area contributed by atoms with E-state index >= 15 is 0 Å². The molecule has 4 rings (SSSR count). The van der Waals surface area contributed by atoms with Crippen LogP contribution in [-0.4, -0.2) is 41.0 Å². The molecule has 1 atom stereocenters. The van der Waals surface area contributed by atoms with Gasteiger partial charge in [0.05, 0.1) is 5.70 Å². The van der Waals surface area contributed by atoms with Crippen molar-refractivity contribution in [2.24, 2.45) is 5.92 Å². The highest BCUT2D eigenvalue weighted by Gasteiger charge is 2.18. The third-order valence-electron chi connectivity index (χ3n) is 5.85. The summed E-state index contributed by atoms with van der Waals surface area (Å²) < 4.78 is 2.02. The van der Waals surface area contributed by atoms with Crippen molar-refractivity contribution >= 4 is 17.0 Å². The Bertz CT molecular complexity index is 1060. The van der Waals surface area contributed by atoms with Crippen LogP contribution in [0.1, 0.15) is 29.3 Å². The van der Waals surface area contributed by atoms with Gasteiger partial charge in [-0.15, -0.1) is 0 Å². The largest absolute Gasteiger partial charge is 0.388 e. The zero-order valence-electron chi connectivity index (χ0n) is 18.0. The van der Waals surface area contributed by atoms with E-state index in [1.165, 1.54) is 11.1 Å². The summed E-state index contributed by atoms with van der Waals surface area (Å²) in [6, 6.07) is 12.8. The standard InChI is InChI=1S/C25H31N5/c1-18(14-29-12-11-21-7-5-6-8-23(21)15-29)13-27-20(3)24-17-30-16-22(19(2)26-4)9-10-25(30)28-24/h5-10,16-18,26-27H,2-3,11-15H2,1,4H3. The molecule has 3 aromatic rings. The van der Waals surface area contributed by atoms with Gasteiger partial charge in [-0.1, -0.05) is 44.3 Å². The van der Waals surface area contributed by atoms with Gasteiger partial charge >= 0.3 is 0 Å². The van der Waals surface area contributed by atoms with Crippen molar-refractivity contribution in [3.8, 4) is 0 Å². The number of imidazole rings is 1. The van der Waals surface area contributed by atoms with E-state index in [1.54, 1.807) is 0 Å². The third-order valence-corrected chi connectivity index (χ3v) is 5.85. The van der Waals surface area contributed by atoms with Gasteiger partial charge in [-0.25, -0.2) is 4.98 Å². The summed E-state index contributed by atoms with van der Waals surface area (Å²) in [5, 5.41) is 6.58. The van der Waals surface area contributed by atoms with Crippen molar-refractivity contribution in [3.05, 3.63) is 84.3 Å². The smallest absolute Gasteiger partial charge is 0.137 e. The number of aromatic nitrogens is 2. The summed E-state index contributed by atoms with van der Waals surface area (Å²) in [5.41, 5.74) is 7.55. The topological polar surface area (TPSA) is 44.6 Å². The SMILES string of the molecule is C=C(NC)c1ccc2nc(C(=C)NCC(C)CN3CCc4ccccc4C3)cn2c1. The Morgan fingerprint density at radius 2 is 1.90 bits per heavy atom. The fourth-order valence-electron chi connectivity index (χ4n) is 4.06. The number of fused-ring (bicyclic) bond motifs is 2. The Morgan fingerprint density at radius 3 is 2.70 bits per heavy atom. The van der Waals surface area contributed by atoms with Gasteiger partial charge in [-0.2, -0.15) is 0 Å². The first-order valence-corrected chi connectivity index (χ1v) is 10.6. The maximum absolute atomic E-state index is 4.70. The van der Waals surface area contributed by atoms with Crippen molar-refractivity contribution in [1.29, 1.82) is 0 Å².